The van der Waals surface area contributed by atoms with Gasteiger partial charge in [-0.1, -0.05) is 36.4 Å². The molecule has 4 rings (SSSR count). The van der Waals surface area contributed by atoms with Gasteiger partial charge in [-0.25, -0.2) is 4.98 Å². The molecular formula is C26H29N5O. The van der Waals surface area contributed by atoms with E-state index >= 15 is 0 Å². The van der Waals surface area contributed by atoms with Crippen LogP contribution in [0.15, 0.2) is 66.9 Å². The van der Waals surface area contributed by atoms with Crippen LogP contribution in [0.2, 0.25) is 0 Å². The lowest BCUT2D eigenvalue weighted by Gasteiger charge is -2.25. The van der Waals surface area contributed by atoms with Crippen molar-refractivity contribution >= 4 is 17.4 Å². The number of amides is 1. The van der Waals surface area contributed by atoms with Gasteiger partial charge < -0.3 is 15.5 Å². The summed E-state index contributed by atoms with van der Waals surface area (Å²) in [5, 5.41) is 15.4. The number of rotatable bonds is 8. The number of allylic oxidation sites excluding steroid dienone is 3. The first-order valence-corrected chi connectivity index (χ1v) is 11.3. The molecule has 6 heteroatoms. The van der Waals surface area contributed by atoms with Crippen molar-refractivity contribution in [1.82, 2.24) is 10.3 Å². The molecule has 1 amide bonds. The number of nitriles is 1. The third-order valence-corrected chi connectivity index (χ3v) is 6.06. The number of nitrogens with zero attached hydrogens (tertiary/aromatic N) is 3. The molecule has 2 N–H and O–H groups in total. The smallest absolute Gasteiger partial charge is 0.243 e. The second kappa shape index (κ2) is 10.7. The van der Waals surface area contributed by atoms with Crippen LogP contribution < -0.4 is 15.5 Å². The van der Waals surface area contributed by atoms with Gasteiger partial charge in [-0.05, 0) is 62.1 Å². The lowest BCUT2D eigenvalue weighted by Crippen LogP contribution is -2.46. The summed E-state index contributed by atoms with van der Waals surface area (Å²) in [6.45, 7) is 2.81. The van der Waals surface area contributed by atoms with E-state index in [4.69, 9.17) is 5.26 Å². The molecule has 0 spiro atoms. The number of anilines is 2. The van der Waals surface area contributed by atoms with Crippen LogP contribution >= 0.6 is 0 Å². The summed E-state index contributed by atoms with van der Waals surface area (Å²) >= 11 is 0. The molecule has 0 radical (unpaired) electrons. The summed E-state index contributed by atoms with van der Waals surface area (Å²) in [6, 6.07) is 13.3. The largest absolute Gasteiger partial charge is 0.370 e. The number of carbonyl (C=O) groups excluding carboxylic acids is 1. The molecule has 32 heavy (non-hydrogen) atoms. The van der Waals surface area contributed by atoms with Gasteiger partial charge in [0.25, 0.3) is 0 Å². The van der Waals surface area contributed by atoms with Crippen molar-refractivity contribution in [2.75, 3.05) is 29.9 Å². The fraction of sp³-hybridized carbons (Fsp3) is 0.346. The fourth-order valence-electron chi connectivity index (χ4n) is 4.23. The topological polar surface area (TPSA) is 81.0 Å². The van der Waals surface area contributed by atoms with E-state index in [2.05, 4.69) is 38.7 Å². The molecule has 0 saturated carbocycles. The summed E-state index contributed by atoms with van der Waals surface area (Å²) in [5.41, 5.74) is 2.90. The Hall–Kier alpha value is -3.43. The third kappa shape index (κ3) is 5.63. The molecule has 6 nitrogen and oxygen atoms in total. The number of pyridine rings is 1. The minimum atomic E-state index is -0.352. The second-order valence-corrected chi connectivity index (χ2v) is 8.29. The Balaban J connectivity index is 1.37. The highest BCUT2D eigenvalue weighted by Gasteiger charge is 2.26. The Morgan fingerprint density at radius 2 is 1.97 bits per heavy atom. The van der Waals surface area contributed by atoms with Crippen molar-refractivity contribution in [2.24, 2.45) is 5.92 Å². The number of aromatic nitrogens is 1. The molecule has 1 aromatic heterocycles. The first-order chi connectivity index (χ1) is 15.7. The Bertz CT molecular complexity index is 998. The van der Waals surface area contributed by atoms with Crippen molar-refractivity contribution in [1.29, 1.82) is 5.26 Å². The average Bonchev–Trinajstić information content (AvgIpc) is 3.38. The summed E-state index contributed by atoms with van der Waals surface area (Å²) < 4.78 is 0. The summed E-state index contributed by atoms with van der Waals surface area (Å²) in [7, 11) is 0. The van der Waals surface area contributed by atoms with Gasteiger partial charge in [0.05, 0.1) is 29.6 Å². The maximum absolute atomic E-state index is 13.2. The van der Waals surface area contributed by atoms with Crippen molar-refractivity contribution < 1.29 is 4.79 Å². The van der Waals surface area contributed by atoms with Crippen molar-refractivity contribution in [3.63, 3.8) is 0 Å². The lowest BCUT2D eigenvalue weighted by molar-refractivity contribution is -0.119. The Labute approximate surface area is 189 Å². The van der Waals surface area contributed by atoms with Crippen LogP contribution in [0.1, 0.15) is 30.4 Å². The fourth-order valence-corrected chi connectivity index (χ4v) is 4.23. The number of hydrogen-bond acceptors (Lipinski definition) is 5. The van der Waals surface area contributed by atoms with Crippen molar-refractivity contribution in [3.05, 3.63) is 78.0 Å². The minimum absolute atomic E-state index is 0.0730. The van der Waals surface area contributed by atoms with Gasteiger partial charge in [-0.15, -0.1) is 0 Å². The molecule has 2 aliphatic rings. The summed E-state index contributed by atoms with van der Waals surface area (Å²) in [5.74, 6) is 0.591. The normalized spacial score (nSPS) is 18.3. The highest BCUT2D eigenvalue weighted by molar-refractivity contribution is 5.94. The first-order valence-electron chi connectivity index (χ1n) is 11.3. The van der Waals surface area contributed by atoms with E-state index in [-0.39, 0.29) is 17.9 Å². The van der Waals surface area contributed by atoms with Gasteiger partial charge in [0.1, 0.15) is 5.82 Å². The van der Waals surface area contributed by atoms with Gasteiger partial charge in [0, 0.05) is 19.0 Å². The molecule has 0 bridgehead atoms. The van der Waals surface area contributed by atoms with E-state index in [1.54, 1.807) is 0 Å². The van der Waals surface area contributed by atoms with Gasteiger partial charge in [0.2, 0.25) is 5.91 Å². The second-order valence-electron chi connectivity index (χ2n) is 8.29. The molecule has 2 aromatic rings. The molecule has 2 atom stereocenters. The predicted octanol–water partition coefficient (Wildman–Crippen LogP) is 3.83. The number of hydrogen-bond donors (Lipinski definition) is 2. The quantitative estimate of drug-likeness (QED) is 0.669. The zero-order chi connectivity index (χ0) is 22.2. The standard InChI is InChI=1S/C26H29N5O/c27-18-21-10-8-20(9-11-21)14-15-28-25(22-6-2-1-3-7-22)26(32)30-24-13-12-23(19-29-24)31-16-4-5-17-31/h1-3,6,8-13,19,22,25,28H,4-5,7,14-17H2,(H,29,30,32). The highest BCUT2D eigenvalue weighted by atomic mass is 16.2. The maximum Gasteiger partial charge on any atom is 0.243 e. The van der Waals surface area contributed by atoms with Gasteiger partial charge in [0.15, 0.2) is 0 Å². The molecule has 1 aromatic carbocycles. The zero-order valence-corrected chi connectivity index (χ0v) is 18.2. The highest BCUT2D eigenvalue weighted by Crippen LogP contribution is 2.21. The van der Waals surface area contributed by atoms with Crippen LogP contribution in [0.3, 0.4) is 0 Å². The first kappa shape index (κ1) is 21.8. The van der Waals surface area contributed by atoms with Gasteiger partial charge in [-0.3, -0.25) is 4.79 Å². The number of nitrogens with one attached hydrogen (secondary N) is 2. The van der Waals surface area contributed by atoms with Gasteiger partial charge in [-0.2, -0.15) is 5.26 Å². The van der Waals surface area contributed by atoms with E-state index in [1.807, 2.05) is 54.7 Å². The average molecular weight is 428 g/mol. The van der Waals surface area contributed by atoms with Crippen LogP contribution in [0.25, 0.3) is 0 Å². The van der Waals surface area contributed by atoms with Gasteiger partial charge >= 0.3 is 0 Å². The third-order valence-electron chi connectivity index (χ3n) is 6.06. The Kier molecular flexibility index (Phi) is 7.31. The predicted molar refractivity (Wildman–Crippen MR) is 127 cm³/mol. The van der Waals surface area contributed by atoms with Crippen LogP contribution in [0.5, 0.6) is 0 Å². The summed E-state index contributed by atoms with van der Waals surface area (Å²) in [6.07, 6.45) is 14.1. The zero-order valence-electron chi connectivity index (χ0n) is 18.2. The van der Waals surface area contributed by atoms with E-state index in [1.165, 1.54) is 12.8 Å². The van der Waals surface area contributed by atoms with E-state index in [0.717, 1.165) is 37.2 Å². The van der Waals surface area contributed by atoms with E-state index < -0.39 is 0 Å². The van der Waals surface area contributed by atoms with Crippen LogP contribution in [0, 0.1) is 17.2 Å². The van der Waals surface area contributed by atoms with Crippen LogP contribution in [-0.4, -0.2) is 36.6 Å². The molecular weight excluding hydrogens is 398 g/mol. The van der Waals surface area contributed by atoms with Crippen LogP contribution in [-0.2, 0) is 11.2 Å². The van der Waals surface area contributed by atoms with Crippen molar-refractivity contribution in [3.8, 4) is 6.07 Å². The number of carbonyl (C=O) groups is 1. The lowest BCUT2D eigenvalue weighted by atomic mass is 9.91. The molecule has 1 fully saturated rings. The molecule has 2 unspecified atom stereocenters. The summed E-state index contributed by atoms with van der Waals surface area (Å²) in [4.78, 5) is 20.0. The number of benzene rings is 1. The molecule has 164 valence electrons. The van der Waals surface area contributed by atoms with Crippen LogP contribution in [0.4, 0.5) is 11.5 Å². The Morgan fingerprint density at radius 3 is 2.62 bits per heavy atom. The van der Waals surface area contributed by atoms with E-state index in [0.29, 0.717) is 17.9 Å². The monoisotopic (exact) mass is 427 g/mol. The minimum Gasteiger partial charge on any atom is -0.370 e. The van der Waals surface area contributed by atoms with Crippen molar-refractivity contribution in [2.45, 2.75) is 31.7 Å². The Morgan fingerprint density at radius 1 is 1.16 bits per heavy atom. The molecule has 1 aliphatic carbocycles. The molecule has 1 saturated heterocycles. The van der Waals surface area contributed by atoms with E-state index in [9.17, 15) is 4.79 Å². The SMILES string of the molecule is N#Cc1ccc(CCNC(C(=O)Nc2ccc(N3CCCC3)cn2)C2C=CC=CC2)cc1. The maximum atomic E-state index is 13.2. The molecule has 2 heterocycles. The molecule has 1 aliphatic heterocycles.